The molecule has 1 heterocycles. The van der Waals surface area contributed by atoms with Crippen molar-refractivity contribution in [2.75, 3.05) is 10.6 Å². The molecule has 8 heteroatoms. The highest BCUT2D eigenvalue weighted by Crippen LogP contribution is 2.31. The molecule has 1 fully saturated rings. The van der Waals surface area contributed by atoms with Crippen LogP contribution in [0.4, 0.5) is 30.6 Å². The first kappa shape index (κ1) is 20.0. The van der Waals surface area contributed by atoms with Gasteiger partial charge in [-0.15, -0.1) is 13.2 Å². The number of aromatic nitrogens is 2. The lowest BCUT2D eigenvalue weighted by molar-refractivity contribution is -0.274. The van der Waals surface area contributed by atoms with E-state index in [1.54, 1.807) is 12.1 Å². The van der Waals surface area contributed by atoms with Gasteiger partial charge in [0.1, 0.15) is 11.6 Å². The minimum Gasteiger partial charge on any atom is -0.406 e. The van der Waals surface area contributed by atoms with E-state index < -0.39 is 6.36 Å². The number of hydrogen-bond donors (Lipinski definition) is 2. The molecule has 0 aliphatic heterocycles. The number of rotatable bonds is 6. The Labute approximate surface area is 172 Å². The summed E-state index contributed by atoms with van der Waals surface area (Å²) in [5.74, 6) is 0.697. The van der Waals surface area contributed by atoms with Crippen molar-refractivity contribution in [3.8, 4) is 17.0 Å². The van der Waals surface area contributed by atoms with Crippen LogP contribution in [0.15, 0.2) is 48.5 Å². The Kier molecular flexibility index (Phi) is 5.24. The molecule has 4 rings (SSSR count). The van der Waals surface area contributed by atoms with Gasteiger partial charge in [0, 0.05) is 23.4 Å². The van der Waals surface area contributed by atoms with Crippen molar-refractivity contribution >= 4 is 17.5 Å². The van der Waals surface area contributed by atoms with Crippen molar-refractivity contribution < 1.29 is 17.9 Å². The van der Waals surface area contributed by atoms with Crippen LogP contribution < -0.4 is 15.4 Å². The minimum atomic E-state index is -4.75. The Morgan fingerprint density at radius 3 is 2.53 bits per heavy atom. The molecule has 156 valence electrons. The molecule has 0 radical (unpaired) electrons. The number of ether oxygens (including phenoxy) is 1. The Morgan fingerprint density at radius 1 is 1.00 bits per heavy atom. The summed E-state index contributed by atoms with van der Waals surface area (Å²) in [5, 5.41) is 6.57. The molecule has 3 aromatic rings. The van der Waals surface area contributed by atoms with Gasteiger partial charge in [0.15, 0.2) is 0 Å². The first-order valence-electron chi connectivity index (χ1n) is 9.61. The fraction of sp³-hybridized carbons (Fsp3) is 0.273. The summed E-state index contributed by atoms with van der Waals surface area (Å²) in [6, 6.07) is 13.9. The number of benzene rings is 2. The highest BCUT2D eigenvalue weighted by atomic mass is 19.4. The van der Waals surface area contributed by atoms with Crippen LogP contribution in [-0.2, 0) is 0 Å². The second-order valence-corrected chi connectivity index (χ2v) is 7.40. The molecule has 0 atom stereocenters. The van der Waals surface area contributed by atoms with E-state index in [4.69, 9.17) is 0 Å². The summed E-state index contributed by atoms with van der Waals surface area (Å²) < 4.78 is 41.8. The topological polar surface area (TPSA) is 59.1 Å². The number of nitrogens with zero attached hydrogens (tertiary/aromatic N) is 2. The summed E-state index contributed by atoms with van der Waals surface area (Å²) in [7, 11) is 0. The molecule has 1 aliphatic carbocycles. The maximum Gasteiger partial charge on any atom is 0.573 e. The van der Waals surface area contributed by atoms with E-state index in [9.17, 15) is 13.2 Å². The first-order chi connectivity index (χ1) is 14.2. The first-order valence-corrected chi connectivity index (χ1v) is 9.61. The average Bonchev–Trinajstić information content (AvgIpc) is 3.47. The largest absolute Gasteiger partial charge is 0.573 e. The minimum absolute atomic E-state index is 0.292. The SMILES string of the molecule is Cc1ccc(C)c(Nc2cc(-c3cccc(OC(F)(F)F)c3)nc(NC3CC3)n2)c1. The van der Waals surface area contributed by atoms with E-state index in [1.807, 2.05) is 32.0 Å². The summed E-state index contributed by atoms with van der Waals surface area (Å²) in [6.45, 7) is 3.99. The number of hydrogen-bond acceptors (Lipinski definition) is 5. The predicted molar refractivity (Wildman–Crippen MR) is 110 cm³/mol. The maximum absolute atomic E-state index is 12.6. The van der Waals surface area contributed by atoms with E-state index in [0.29, 0.717) is 29.1 Å². The van der Waals surface area contributed by atoms with Gasteiger partial charge >= 0.3 is 6.36 Å². The maximum atomic E-state index is 12.6. The Balaban J connectivity index is 1.69. The Hall–Kier alpha value is -3.29. The average molecular weight is 414 g/mol. The zero-order chi connectivity index (χ0) is 21.3. The molecule has 30 heavy (non-hydrogen) atoms. The van der Waals surface area contributed by atoms with Crippen LogP contribution >= 0.6 is 0 Å². The van der Waals surface area contributed by atoms with Gasteiger partial charge in [0.2, 0.25) is 5.95 Å². The highest BCUT2D eigenvalue weighted by Gasteiger charge is 2.31. The van der Waals surface area contributed by atoms with E-state index in [1.165, 1.54) is 18.2 Å². The molecule has 0 bridgehead atoms. The van der Waals surface area contributed by atoms with E-state index in [0.717, 1.165) is 29.7 Å². The van der Waals surface area contributed by atoms with E-state index >= 15 is 0 Å². The van der Waals surface area contributed by atoms with Crippen molar-refractivity contribution in [3.63, 3.8) is 0 Å². The molecule has 0 spiro atoms. The van der Waals surface area contributed by atoms with Crippen LogP contribution in [0.25, 0.3) is 11.3 Å². The van der Waals surface area contributed by atoms with Gasteiger partial charge in [0.05, 0.1) is 5.69 Å². The van der Waals surface area contributed by atoms with Crippen LogP contribution in [0.3, 0.4) is 0 Å². The second-order valence-electron chi connectivity index (χ2n) is 7.40. The van der Waals surface area contributed by atoms with Crippen LogP contribution in [-0.4, -0.2) is 22.4 Å². The fourth-order valence-corrected chi connectivity index (χ4v) is 2.99. The monoisotopic (exact) mass is 414 g/mol. The third kappa shape index (κ3) is 5.20. The van der Waals surface area contributed by atoms with Crippen molar-refractivity contribution in [1.82, 2.24) is 9.97 Å². The molecule has 5 nitrogen and oxygen atoms in total. The summed E-state index contributed by atoms with van der Waals surface area (Å²) >= 11 is 0. The lowest BCUT2D eigenvalue weighted by Gasteiger charge is -2.14. The molecule has 1 aromatic heterocycles. The van der Waals surface area contributed by atoms with E-state index in [2.05, 4.69) is 25.3 Å². The summed E-state index contributed by atoms with van der Waals surface area (Å²) in [4.78, 5) is 9.05. The highest BCUT2D eigenvalue weighted by molar-refractivity contribution is 5.69. The summed E-state index contributed by atoms with van der Waals surface area (Å²) in [5.41, 5.74) is 4.06. The number of halogens is 3. The molecule has 2 N–H and O–H groups in total. The number of alkyl halides is 3. The van der Waals surface area contributed by atoms with Crippen LogP contribution in [0.2, 0.25) is 0 Å². The van der Waals surface area contributed by atoms with Gasteiger partial charge in [-0.2, -0.15) is 4.98 Å². The van der Waals surface area contributed by atoms with Gasteiger partial charge in [-0.05, 0) is 56.0 Å². The third-order valence-corrected chi connectivity index (χ3v) is 4.66. The number of aryl methyl sites for hydroxylation is 2. The van der Waals surface area contributed by atoms with Crippen LogP contribution in [0, 0.1) is 13.8 Å². The van der Waals surface area contributed by atoms with Crippen molar-refractivity contribution in [2.45, 2.75) is 39.1 Å². The zero-order valence-corrected chi connectivity index (χ0v) is 16.5. The second kappa shape index (κ2) is 7.85. The predicted octanol–water partition coefficient (Wildman–Crippen LogP) is 5.98. The zero-order valence-electron chi connectivity index (χ0n) is 16.5. The van der Waals surface area contributed by atoms with Crippen LogP contribution in [0.5, 0.6) is 5.75 Å². The molecule has 2 aromatic carbocycles. The Morgan fingerprint density at radius 2 is 1.80 bits per heavy atom. The van der Waals surface area contributed by atoms with Crippen LogP contribution in [0.1, 0.15) is 24.0 Å². The van der Waals surface area contributed by atoms with Gasteiger partial charge < -0.3 is 15.4 Å². The molecular weight excluding hydrogens is 393 g/mol. The molecule has 0 saturated heterocycles. The molecule has 1 saturated carbocycles. The molecular formula is C22H21F3N4O. The lowest BCUT2D eigenvalue weighted by Crippen LogP contribution is -2.17. The quantitative estimate of drug-likeness (QED) is 0.520. The fourth-order valence-electron chi connectivity index (χ4n) is 2.99. The van der Waals surface area contributed by atoms with Gasteiger partial charge in [-0.1, -0.05) is 24.3 Å². The van der Waals surface area contributed by atoms with E-state index in [-0.39, 0.29) is 5.75 Å². The standard InChI is InChI=1S/C22H21F3N4O/c1-13-6-7-14(2)18(10-13)27-20-12-19(28-21(29-20)26-16-8-9-16)15-4-3-5-17(11-15)30-22(23,24)25/h3-7,10-12,16H,8-9H2,1-2H3,(H2,26,27,28,29). The van der Waals surface area contributed by atoms with Crippen molar-refractivity contribution in [2.24, 2.45) is 0 Å². The Bertz CT molecular complexity index is 1060. The molecule has 0 unspecified atom stereocenters. The smallest absolute Gasteiger partial charge is 0.406 e. The number of nitrogens with one attached hydrogen (secondary N) is 2. The van der Waals surface area contributed by atoms with Gasteiger partial charge in [-0.25, -0.2) is 4.98 Å². The summed E-state index contributed by atoms with van der Waals surface area (Å²) in [6.07, 6.45) is -2.66. The van der Waals surface area contributed by atoms with Crippen molar-refractivity contribution in [3.05, 3.63) is 59.7 Å². The molecule has 0 amide bonds. The van der Waals surface area contributed by atoms with Crippen molar-refractivity contribution in [1.29, 1.82) is 0 Å². The number of anilines is 3. The molecule has 1 aliphatic rings. The normalized spacial score (nSPS) is 13.8. The third-order valence-electron chi connectivity index (χ3n) is 4.66. The van der Waals surface area contributed by atoms with Gasteiger partial charge in [-0.3, -0.25) is 0 Å². The lowest BCUT2D eigenvalue weighted by atomic mass is 10.1. The van der Waals surface area contributed by atoms with Gasteiger partial charge in [0.25, 0.3) is 0 Å².